The summed E-state index contributed by atoms with van der Waals surface area (Å²) in [5.41, 5.74) is 1.55. The molecule has 0 aliphatic carbocycles. The minimum atomic E-state index is -4.03. The molecule has 0 radical (unpaired) electrons. The molecule has 3 heterocycles. The molecule has 1 aliphatic rings. The smallest absolute Gasteiger partial charge is 0.264 e. The Balaban J connectivity index is 1.43. The molecule has 0 spiro atoms. The number of oxazole rings is 1. The summed E-state index contributed by atoms with van der Waals surface area (Å²) in [4.78, 5) is 34.8. The zero-order chi connectivity index (χ0) is 23.0. The normalized spacial score (nSPS) is 13.3. The highest BCUT2D eigenvalue weighted by Crippen LogP contribution is 2.32. The summed E-state index contributed by atoms with van der Waals surface area (Å²) in [7, 11) is -4.03. The highest BCUT2D eigenvalue weighted by Gasteiger charge is 2.38. The fourth-order valence-corrected chi connectivity index (χ4v) is 4.67. The molecule has 0 saturated heterocycles. The summed E-state index contributed by atoms with van der Waals surface area (Å²) >= 11 is 0. The molecule has 5 rings (SSSR count). The van der Waals surface area contributed by atoms with Gasteiger partial charge in [-0.2, -0.15) is 0 Å². The summed E-state index contributed by atoms with van der Waals surface area (Å²) in [6.45, 7) is 0.0372. The number of sulfonamides is 1. The fourth-order valence-electron chi connectivity index (χ4n) is 3.60. The van der Waals surface area contributed by atoms with E-state index in [0.717, 1.165) is 4.90 Å². The van der Waals surface area contributed by atoms with Crippen LogP contribution in [0.2, 0.25) is 0 Å². The summed E-state index contributed by atoms with van der Waals surface area (Å²) in [6, 6.07) is 14.0. The third-order valence-corrected chi connectivity index (χ3v) is 6.57. The Hall–Kier alpha value is -4.31. The van der Waals surface area contributed by atoms with Gasteiger partial charge in [-0.3, -0.25) is 24.2 Å². The van der Waals surface area contributed by atoms with Crippen molar-refractivity contribution in [2.75, 3.05) is 4.72 Å². The molecule has 2 aromatic heterocycles. The lowest BCUT2D eigenvalue weighted by molar-refractivity contribution is 0.0642. The molecule has 0 unspecified atom stereocenters. The van der Waals surface area contributed by atoms with Gasteiger partial charge in [0.2, 0.25) is 0 Å². The first-order valence-electron chi connectivity index (χ1n) is 9.84. The van der Waals surface area contributed by atoms with Gasteiger partial charge in [0.25, 0.3) is 21.8 Å². The molecule has 2 amide bonds. The van der Waals surface area contributed by atoms with E-state index in [1.165, 1.54) is 42.9 Å². The lowest BCUT2D eigenvalue weighted by Gasteiger charge is -2.14. The van der Waals surface area contributed by atoms with Gasteiger partial charge < -0.3 is 4.42 Å². The van der Waals surface area contributed by atoms with E-state index >= 15 is 0 Å². The number of anilines is 1. The number of hydrogen-bond acceptors (Lipinski definition) is 7. The maximum atomic E-state index is 13.1. The molecule has 33 heavy (non-hydrogen) atoms. The molecule has 1 aliphatic heterocycles. The maximum absolute atomic E-state index is 13.1. The lowest BCUT2D eigenvalue weighted by Crippen LogP contribution is -2.29. The zero-order valence-electron chi connectivity index (χ0n) is 17.0. The molecule has 0 bridgehead atoms. The van der Waals surface area contributed by atoms with Crippen LogP contribution in [-0.4, -0.2) is 35.1 Å². The molecular weight excluding hydrogens is 444 g/mol. The molecule has 0 saturated carbocycles. The highest BCUT2D eigenvalue weighted by molar-refractivity contribution is 7.92. The number of amides is 2. The van der Waals surface area contributed by atoms with Gasteiger partial charge in [-0.25, -0.2) is 13.4 Å². The van der Waals surface area contributed by atoms with E-state index in [0.29, 0.717) is 16.9 Å². The Labute approximate surface area is 188 Å². The second-order valence-corrected chi connectivity index (χ2v) is 8.96. The monoisotopic (exact) mass is 460 g/mol. The Morgan fingerprint density at radius 1 is 0.909 bits per heavy atom. The van der Waals surface area contributed by atoms with Crippen LogP contribution in [0.15, 0.2) is 88.9 Å². The van der Waals surface area contributed by atoms with Crippen LogP contribution in [0.4, 0.5) is 5.69 Å². The molecule has 10 heteroatoms. The number of hydrogen-bond donors (Lipinski definition) is 1. The van der Waals surface area contributed by atoms with Crippen molar-refractivity contribution in [3.05, 3.63) is 96.3 Å². The van der Waals surface area contributed by atoms with E-state index in [9.17, 15) is 18.0 Å². The molecule has 0 atom stereocenters. The third-order valence-electron chi connectivity index (χ3n) is 5.19. The van der Waals surface area contributed by atoms with Crippen LogP contribution in [-0.2, 0) is 16.6 Å². The molecular formula is C23H16N4O5S. The number of pyridine rings is 1. The van der Waals surface area contributed by atoms with Crippen molar-refractivity contribution >= 4 is 27.5 Å². The van der Waals surface area contributed by atoms with Crippen molar-refractivity contribution in [3.63, 3.8) is 0 Å². The summed E-state index contributed by atoms with van der Waals surface area (Å²) < 4.78 is 33.7. The zero-order valence-corrected chi connectivity index (χ0v) is 17.8. The second-order valence-electron chi connectivity index (χ2n) is 7.28. The van der Waals surface area contributed by atoms with Gasteiger partial charge in [0, 0.05) is 18.0 Å². The molecule has 164 valence electrons. The standard InChI is InChI=1S/C23H16N4O5S/c28-22-18-4-1-5-19(21(18)23(29)27(22)13-15-3-2-10-24-11-15)26-33(30,31)17-8-6-16(7-9-17)20-12-25-14-32-20/h1-12,14,26H,13H2. The van der Waals surface area contributed by atoms with Crippen molar-refractivity contribution in [3.8, 4) is 11.3 Å². The number of nitrogens with one attached hydrogen (secondary N) is 1. The van der Waals surface area contributed by atoms with Crippen LogP contribution in [0, 0.1) is 0 Å². The number of nitrogens with zero attached hydrogens (tertiary/aromatic N) is 3. The first kappa shape index (κ1) is 20.6. The lowest BCUT2D eigenvalue weighted by atomic mass is 10.1. The summed E-state index contributed by atoms with van der Waals surface area (Å²) in [6.07, 6.45) is 5.97. The van der Waals surface area contributed by atoms with E-state index in [2.05, 4.69) is 14.7 Å². The summed E-state index contributed by atoms with van der Waals surface area (Å²) in [5, 5.41) is 0. The third kappa shape index (κ3) is 3.76. The van der Waals surface area contributed by atoms with Gasteiger partial charge in [-0.05, 0) is 48.0 Å². The van der Waals surface area contributed by atoms with Crippen LogP contribution in [0.25, 0.3) is 11.3 Å². The number of benzene rings is 2. The van der Waals surface area contributed by atoms with Crippen LogP contribution in [0.5, 0.6) is 0 Å². The quantitative estimate of drug-likeness (QED) is 0.438. The number of carbonyl (C=O) groups is 2. The van der Waals surface area contributed by atoms with E-state index in [4.69, 9.17) is 4.42 Å². The van der Waals surface area contributed by atoms with E-state index in [1.807, 2.05) is 0 Å². The molecule has 4 aromatic rings. The number of imide groups is 1. The topological polar surface area (TPSA) is 122 Å². The van der Waals surface area contributed by atoms with Gasteiger partial charge in [-0.1, -0.05) is 12.1 Å². The number of aromatic nitrogens is 2. The van der Waals surface area contributed by atoms with Crippen LogP contribution < -0.4 is 4.72 Å². The average Bonchev–Trinajstić information content (AvgIpc) is 3.44. The van der Waals surface area contributed by atoms with Gasteiger partial charge in [0.1, 0.15) is 0 Å². The van der Waals surface area contributed by atoms with Crippen molar-refractivity contribution in [2.24, 2.45) is 0 Å². The predicted molar refractivity (Wildman–Crippen MR) is 118 cm³/mol. The maximum Gasteiger partial charge on any atom is 0.264 e. The van der Waals surface area contributed by atoms with Crippen LogP contribution in [0.1, 0.15) is 26.3 Å². The van der Waals surface area contributed by atoms with Crippen molar-refractivity contribution in [1.29, 1.82) is 0 Å². The number of fused-ring (bicyclic) bond motifs is 1. The second kappa shape index (κ2) is 7.99. The SMILES string of the molecule is O=C1c2cccc(NS(=O)(=O)c3ccc(-c4cnco4)cc3)c2C(=O)N1Cc1cccnc1. The minimum absolute atomic E-state index is 0.00708. The minimum Gasteiger partial charge on any atom is -0.444 e. The van der Waals surface area contributed by atoms with E-state index in [1.54, 1.807) is 36.7 Å². The van der Waals surface area contributed by atoms with Gasteiger partial charge in [-0.15, -0.1) is 0 Å². The number of carbonyl (C=O) groups excluding carboxylic acids is 2. The first-order chi connectivity index (χ1) is 15.9. The van der Waals surface area contributed by atoms with E-state index in [-0.39, 0.29) is 28.3 Å². The Morgan fingerprint density at radius 3 is 2.42 bits per heavy atom. The Bertz CT molecular complexity index is 1450. The molecule has 1 N–H and O–H groups in total. The van der Waals surface area contributed by atoms with Crippen LogP contribution in [0.3, 0.4) is 0 Å². The van der Waals surface area contributed by atoms with Crippen molar-refractivity contribution in [2.45, 2.75) is 11.4 Å². The molecule has 0 fully saturated rings. The Morgan fingerprint density at radius 2 is 1.73 bits per heavy atom. The van der Waals surface area contributed by atoms with Gasteiger partial charge >= 0.3 is 0 Å². The predicted octanol–water partition coefficient (Wildman–Crippen LogP) is 3.33. The van der Waals surface area contributed by atoms with Gasteiger partial charge in [0.05, 0.1) is 34.5 Å². The van der Waals surface area contributed by atoms with Crippen LogP contribution >= 0.6 is 0 Å². The summed E-state index contributed by atoms with van der Waals surface area (Å²) in [5.74, 6) is -0.556. The Kier molecular flexibility index (Phi) is 4.98. The van der Waals surface area contributed by atoms with Crippen molar-refractivity contribution < 1.29 is 22.4 Å². The van der Waals surface area contributed by atoms with Crippen molar-refractivity contribution in [1.82, 2.24) is 14.9 Å². The van der Waals surface area contributed by atoms with E-state index < -0.39 is 21.8 Å². The average molecular weight is 460 g/mol. The number of rotatable bonds is 6. The highest BCUT2D eigenvalue weighted by atomic mass is 32.2. The largest absolute Gasteiger partial charge is 0.444 e. The fraction of sp³-hybridized carbons (Fsp3) is 0.0435. The van der Waals surface area contributed by atoms with Gasteiger partial charge in [0.15, 0.2) is 12.2 Å². The first-order valence-corrected chi connectivity index (χ1v) is 11.3. The molecule has 9 nitrogen and oxygen atoms in total. The molecule has 2 aromatic carbocycles.